The van der Waals surface area contributed by atoms with Gasteiger partial charge in [-0.05, 0) is 30.3 Å². The Bertz CT molecular complexity index is 1210. The molecule has 6 heteroatoms. The summed E-state index contributed by atoms with van der Waals surface area (Å²) in [6, 6.07) is 7.69. The number of pyridine rings is 2. The molecule has 0 unspecified atom stereocenters. The van der Waals surface area contributed by atoms with Crippen molar-refractivity contribution in [3.05, 3.63) is 64.9 Å². The zero-order valence-electron chi connectivity index (χ0n) is 15.9. The molecule has 4 nitrogen and oxygen atoms in total. The fraction of sp³-hybridized carbons (Fsp3) is 0.190. The molecule has 0 fully saturated rings. The lowest BCUT2D eigenvalue weighted by atomic mass is 10.2. The van der Waals surface area contributed by atoms with Crippen LogP contribution in [0.2, 0.25) is 5.02 Å². The van der Waals surface area contributed by atoms with Gasteiger partial charge in [-0.25, -0.2) is 4.98 Å². The maximum atomic E-state index is 6.12. The summed E-state index contributed by atoms with van der Waals surface area (Å²) in [5, 5.41) is 3.51. The van der Waals surface area contributed by atoms with Crippen LogP contribution in [0.4, 0.5) is 0 Å². The van der Waals surface area contributed by atoms with Crippen LogP contribution >= 0.6 is 23.2 Å². The number of allylic oxidation sites excluding steroid dienone is 1. The molecule has 27 heavy (non-hydrogen) atoms. The average Bonchev–Trinajstić information content (AvgIpc) is 3.10. The van der Waals surface area contributed by atoms with Crippen molar-refractivity contribution in [1.29, 1.82) is 0 Å². The van der Waals surface area contributed by atoms with Gasteiger partial charge in [0.05, 0.1) is 28.1 Å². The molecule has 0 bridgehead atoms. The second-order valence-electron chi connectivity index (χ2n) is 5.18. The van der Waals surface area contributed by atoms with Crippen LogP contribution in [0.1, 0.15) is 13.8 Å². The molecule has 0 N–H and O–H groups in total. The molecule has 0 amide bonds. The zero-order valence-corrected chi connectivity index (χ0v) is 17.4. The molecule has 4 rings (SSSR count). The van der Waals surface area contributed by atoms with E-state index >= 15 is 0 Å². The van der Waals surface area contributed by atoms with Crippen LogP contribution < -0.4 is 10.6 Å². The second-order valence-corrected chi connectivity index (χ2v) is 5.62. The molecule has 3 heterocycles. The van der Waals surface area contributed by atoms with Crippen LogP contribution in [0.15, 0.2) is 54.3 Å². The first-order chi connectivity index (χ1) is 13.2. The van der Waals surface area contributed by atoms with Crippen molar-refractivity contribution in [1.82, 2.24) is 14.4 Å². The van der Waals surface area contributed by atoms with Crippen molar-refractivity contribution in [2.45, 2.75) is 13.8 Å². The number of hydrogen-bond donors (Lipinski definition) is 0. The Balaban J connectivity index is 0.000000614. The molecule has 0 atom stereocenters. The standard InChI is InChI=1S/C18H13ClN4.C2H6.CH3Cl/c1-3-4-13-17(20-2)12-7-8-21-10-16(12)23-15-6-5-11(19)9-14(15)22-18(13)23;2*1-2/h3-10H,1H2,2H3;1-2H3;1H3/b13-4+,20-17?;;. The largest absolute Gasteiger partial charge is 0.290 e. The first-order valence-electron chi connectivity index (χ1n) is 8.55. The van der Waals surface area contributed by atoms with Crippen molar-refractivity contribution < 1.29 is 0 Å². The number of rotatable bonds is 1. The molecule has 0 aliphatic carbocycles. The monoisotopic (exact) mass is 400 g/mol. The maximum Gasteiger partial charge on any atom is 0.147 e. The molecule has 0 radical (unpaired) electrons. The fourth-order valence-electron chi connectivity index (χ4n) is 3.01. The number of fused-ring (bicyclic) bond motifs is 5. The minimum Gasteiger partial charge on any atom is -0.290 e. The van der Waals surface area contributed by atoms with E-state index < -0.39 is 0 Å². The average molecular weight is 401 g/mol. The quantitative estimate of drug-likeness (QED) is 0.431. The summed E-state index contributed by atoms with van der Waals surface area (Å²) in [6.07, 6.45) is 8.77. The van der Waals surface area contributed by atoms with Crippen molar-refractivity contribution in [3.63, 3.8) is 0 Å². The van der Waals surface area contributed by atoms with Gasteiger partial charge in [-0.15, -0.1) is 11.6 Å². The lowest BCUT2D eigenvalue weighted by Gasteiger charge is -2.05. The third-order valence-electron chi connectivity index (χ3n) is 3.92. The third kappa shape index (κ3) is 3.68. The number of benzene rings is 1. The van der Waals surface area contributed by atoms with Crippen LogP contribution in [-0.4, -0.2) is 27.8 Å². The van der Waals surface area contributed by atoms with Gasteiger partial charge in [-0.1, -0.05) is 38.1 Å². The summed E-state index contributed by atoms with van der Waals surface area (Å²) in [7, 11) is 1.78. The summed E-state index contributed by atoms with van der Waals surface area (Å²) < 4.78 is 2.10. The van der Waals surface area contributed by atoms with Gasteiger partial charge < -0.3 is 0 Å². The molecule has 0 saturated heterocycles. The molecule has 4 aromatic rings. The smallest absolute Gasteiger partial charge is 0.147 e. The molecule has 3 aromatic heterocycles. The van der Waals surface area contributed by atoms with Gasteiger partial charge in [-0.2, -0.15) is 0 Å². The Morgan fingerprint density at radius 3 is 2.56 bits per heavy atom. The van der Waals surface area contributed by atoms with Gasteiger partial charge in [0.2, 0.25) is 0 Å². The van der Waals surface area contributed by atoms with Crippen molar-refractivity contribution >= 4 is 56.9 Å². The Morgan fingerprint density at radius 2 is 1.89 bits per heavy atom. The van der Waals surface area contributed by atoms with Gasteiger partial charge in [0.15, 0.2) is 0 Å². The highest BCUT2D eigenvalue weighted by Gasteiger charge is 2.12. The van der Waals surface area contributed by atoms with Crippen LogP contribution in [-0.2, 0) is 0 Å². The third-order valence-corrected chi connectivity index (χ3v) is 4.15. The lowest BCUT2D eigenvalue weighted by Crippen LogP contribution is -2.29. The number of imidazole rings is 1. The fourth-order valence-corrected chi connectivity index (χ4v) is 3.17. The molecule has 0 aliphatic heterocycles. The van der Waals surface area contributed by atoms with Crippen LogP contribution in [0, 0.1) is 0 Å². The minimum atomic E-state index is 0.665. The topological polar surface area (TPSA) is 42.5 Å². The Hall–Kier alpha value is -2.43. The van der Waals surface area contributed by atoms with Crippen molar-refractivity contribution in [3.8, 4) is 0 Å². The van der Waals surface area contributed by atoms with E-state index in [2.05, 4.69) is 32.6 Å². The molecule has 0 aliphatic rings. The Morgan fingerprint density at radius 1 is 1.15 bits per heavy atom. The van der Waals surface area contributed by atoms with Crippen molar-refractivity contribution in [2.24, 2.45) is 4.99 Å². The number of aromatic nitrogens is 3. The second kappa shape index (κ2) is 9.49. The number of nitrogens with zero attached hydrogens (tertiary/aromatic N) is 4. The molecule has 140 valence electrons. The van der Waals surface area contributed by atoms with E-state index in [1.807, 2.05) is 50.4 Å². The van der Waals surface area contributed by atoms with Gasteiger partial charge >= 0.3 is 0 Å². The van der Waals surface area contributed by atoms with Crippen LogP contribution in [0.3, 0.4) is 0 Å². The molecule has 1 aromatic carbocycles. The summed E-state index contributed by atoms with van der Waals surface area (Å²) in [6.45, 7) is 7.82. The predicted octanol–water partition coefficient (Wildman–Crippen LogP) is 4.79. The highest BCUT2D eigenvalue weighted by atomic mass is 35.5. The summed E-state index contributed by atoms with van der Waals surface area (Å²) in [5.74, 6) is 0. The summed E-state index contributed by atoms with van der Waals surface area (Å²) >= 11 is 10.8. The van der Waals surface area contributed by atoms with E-state index in [4.69, 9.17) is 16.6 Å². The normalized spacial score (nSPS) is 11.9. The zero-order chi connectivity index (χ0) is 20.0. The van der Waals surface area contributed by atoms with Crippen LogP contribution in [0.25, 0.3) is 33.7 Å². The van der Waals surface area contributed by atoms with E-state index in [0.717, 1.165) is 38.2 Å². The highest BCUT2D eigenvalue weighted by Crippen LogP contribution is 2.22. The SMILES string of the molecule is C=C/C=c1\c(=NC)c2ccncc2n2c1nc1cc(Cl)ccc12.CC.CCl. The van der Waals surface area contributed by atoms with E-state index in [0.29, 0.717) is 5.02 Å². The molecular weight excluding hydrogens is 379 g/mol. The highest BCUT2D eigenvalue weighted by molar-refractivity contribution is 6.31. The number of alkyl halides is 1. The number of hydrogen-bond acceptors (Lipinski definition) is 3. The molecule has 0 spiro atoms. The van der Waals surface area contributed by atoms with Gasteiger partial charge in [-0.3, -0.25) is 14.4 Å². The van der Waals surface area contributed by atoms with E-state index in [-0.39, 0.29) is 0 Å². The number of halogens is 2. The Labute approximate surface area is 168 Å². The van der Waals surface area contributed by atoms with Gasteiger partial charge in [0.1, 0.15) is 5.65 Å². The van der Waals surface area contributed by atoms with Crippen LogP contribution in [0.5, 0.6) is 0 Å². The summed E-state index contributed by atoms with van der Waals surface area (Å²) in [5.41, 5.74) is 3.62. The molecular formula is C21H22Cl2N4. The van der Waals surface area contributed by atoms with E-state index in [9.17, 15) is 0 Å². The van der Waals surface area contributed by atoms with E-state index in [1.54, 1.807) is 19.3 Å². The van der Waals surface area contributed by atoms with Crippen molar-refractivity contribution in [2.75, 3.05) is 13.4 Å². The minimum absolute atomic E-state index is 0.665. The van der Waals surface area contributed by atoms with Gasteiger partial charge in [0, 0.05) is 35.3 Å². The predicted molar refractivity (Wildman–Crippen MR) is 118 cm³/mol. The van der Waals surface area contributed by atoms with Gasteiger partial charge in [0.25, 0.3) is 0 Å². The maximum absolute atomic E-state index is 6.12. The van der Waals surface area contributed by atoms with E-state index in [1.165, 1.54) is 6.38 Å². The first-order valence-corrected chi connectivity index (χ1v) is 9.69. The summed E-state index contributed by atoms with van der Waals surface area (Å²) in [4.78, 5) is 13.5. The first kappa shape index (κ1) is 20.9. The molecule has 0 saturated carbocycles. The lowest BCUT2D eigenvalue weighted by molar-refractivity contribution is 1.19. The Kier molecular flexibility index (Phi) is 7.34.